The van der Waals surface area contributed by atoms with E-state index in [1.54, 1.807) is 0 Å². The minimum Gasteiger partial charge on any atom is -0.396 e. The number of ether oxygens (including phenoxy) is 2. The number of aliphatic hydroxyl groups excluding tert-OH is 2. The van der Waals surface area contributed by atoms with Crippen LogP contribution >= 0.6 is 0 Å². The summed E-state index contributed by atoms with van der Waals surface area (Å²) in [5, 5.41) is 19.9. The topological polar surface area (TPSA) is 163 Å². The highest BCUT2D eigenvalue weighted by Crippen LogP contribution is 2.42. The Hall–Kier alpha value is -0.320. The molecule has 0 spiro atoms. The lowest BCUT2D eigenvalue weighted by atomic mass is 9.61. The first-order chi connectivity index (χ1) is 13.6. The van der Waals surface area contributed by atoms with Crippen molar-refractivity contribution in [2.24, 2.45) is 46.6 Å². The lowest BCUT2D eigenvalue weighted by Gasteiger charge is -2.47. The van der Waals surface area contributed by atoms with Gasteiger partial charge in [0.15, 0.2) is 0 Å². The highest BCUT2D eigenvalue weighted by atomic mass is 16.5. The van der Waals surface area contributed by atoms with Crippen molar-refractivity contribution in [1.82, 2.24) is 0 Å². The second-order valence-electron chi connectivity index (χ2n) is 8.03. The van der Waals surface area contributed by atoms with Gasteiger partial charge in [0.25, 0.3) is 0 Å². The Morgan fingerprint density at radius 2 is 1.11 bits per heavy atom. The molecule has 6 unspecified atom stereocenters. The van der Waals surface area contributed by atoms with Crippen molar-refractivity contribution >= 4 is 0 Å². The van der Waals surface area contributed by atoms with Gasteiger partial charge < -0.3 is 42.6 Å². The van der Waals surface area contributed by atoms with E-state index in [1.807, 2.05) is 0 Å². The van der Waals surface area contributed by atoms with Crippen molar-refractivity contribution in [2.75, 3.05) is 52.7 Å². The van der Waals surface area contributed by atoms with Crippen molar-refractivity contribution in [3.63, 3.8) is 0 Å². The molecule has 1 saturated carbocycles. The molecule has 0 saturated heterocycles. The van der Waals surface area contributed by atoms with Crippen LogP contribution in [0.3, 0.4) is 0 Å². The average Bonchev–Trinajstić information content (AvgIpc) is 2.71. The van der Waals surface area contributed by atoms with E-state index in [4.69, 9.17) is 32.4 Å². The SMILES string of the molecule is NCCCOCCC(N)C1C(CO)CCC(CO)C1C(N)CCOCCCN. The predicted molar refractivity (Wildman–Crippen MR) is 112 cm³/mol. The second kappa shape index (κ2) is 15.5. The molecule has 1 rings (SSSR count). The molecule has 0 heterocycles. The van der Waals surface area contributed by atoms with Gasteiger partial charge in [-0.1, -0.05) is 0 Å². The van der Waals surface area contributed by atoms with Gasteiger partial charge in [0.1, 0.15) is 0 Å². The van der Waals surface area contributed by atoms with Gasteiger partial charge in [-0.05, 0) is 75.3 Å². The fourth-order valence-electron chi connectivity index (χ4n) is 4.54. The zero-order valence-electron chi connectivity index (χ0n) is 17.4. The number of aliphatic hydroxyl groups is 2. The molecular formula is C20H44N4O4. The molecule has 10 N–H and O–H groups in total. The van der Waals surface area contributed by atoms with E-state index in [0.29, 0.717) is 52.4 Å². The Kier molecular flexibility index (Phi) is 14.2. The van der Waals surface area contributed by atoms with Crippen molar-refractivity contribution in [3.05, 3.63) is 0 Å². The van der Waals surface area contributed by atoms with E-state index in [0.717, 1.165) is 25.7 Å². The van der Waals surface area contributed by atoms with Crippen LogP contribution in [0.15, 0.2) is 0 Å². The number of hydrogen-bond donors (Lipinski definition) is 6. The van der Waals surface area contributed by atoms with Gasteiger partial charge in [0.2, 0.25) is 0 Å². The van der Waals surface area contributed by atoms with E-state index in [9.17, 15) is 10.2 Å². The van der Waals surface area contributed by atoms with Crippen LogP contribution in [0.1, 0.15) is 38.5 Å². The average molecular weight is 405 g/mol. The standard InChI is InChI=1S/C20H44N4O4/c21-7-1-9-27-11-5-17(23)19-15(13-25)3-4-16(14-26)20(19)18(24)6-12-28-10-2-8-22/h15-20,25-26H,1-14,21-24H2. The van der Waals surface area contributed by atoms with Crippen LogP contribution in [-0.2, 0) is 9.47 Å². The molecule has 28 heavy (non-hydrogen) atoms. The molecule has 1 aliphatic rings. The van der Waals surface area contributed by atoms with Gasteiger partial charge in [-0.25, -0.2) is 0 Å². The van der Waals surface area contributed by atoms with Crippen LogP contribution in [0.4, 0.5) is 0 Å². The monoisotopic (exact) mass is 404 g/mol. The van der Waals surface area contributed by atoms with E-state index in [2.05, 4.69) is 0 Å². The minimum absolute atomic E-state index is 0.0630. The zero-order valence-corrected chi connectivity index (χ0v) is 17.4. The highest BCUT2D eigenvalue weighted by molar-refractivity contribution is 4.96. The van der Waals surface area contributed by atoms with Crippen molar-refractivity contribution < 1.29 is 19.7 Å². The van der Waals surface area contributed by atoms with E-state index >= 15 is 0 Å². The third-order valence-corrected chi connectivity index (χ3v) is 6.08. The molecule has 8 heteroatoms. The molecule has 1 aliphatic carbocycles. The fourth-order valence-corrected chi connectivity index (χ4v) is 4.54. The molecule has 1 fully saturated rings. The second-order valence-corrected chi connectivity index (χ2v) is 8.03. The van der Waals surface area contributed by atoms with Gasteiger partial charge in [-0.15, -0.1) is 0 Å². The summed E-state index contributed by atoms with van der Waals surface area (Å²) in [6.45, 7) is 3.85. The Morgan fingerprint density at radius 1 is 0.714 bits per heavy atom. The van der Waals surface area contributed by atoms with Crippen LogP contribution in [-0.4, -0.2) is 75.0 Å². The summed E-state index contributed by atoms with van der Waals surface area (Å²) in [6.07, 6.45) is 4.82. The van der Waals surface area contributed by atoms with Crippen molar-refractivity contribution in [1.29, 1.82) is 0 Å². The normalized spacial score (nSPS) is 27.6. The number of nitrogens with two attached hydrogens (primary N) is 4. The molecular weight excluding hydrogens is 360 g/mol. The molecule has 168 valence electrons. The van der Waals surface area contributed by atoms with Crippen LogP contribution in [0.5, 0.6) is 0 Å². The summed E-state index contributed by atoms with van der Waals surface area (Å²) in [7, 11) is 0. The molecule has 0 aromatic rings. The maximum absolute atomic E-state index is 9.94. The first-order valence-electron chi connectivity index (χ1n) is 10.9. The summed E-state index contributed by atoms with van der Waals surface area (Å²) in [5.41, 5.74) is 24.1. The smallest absolute Gasteiger partial charge is 0.0480 e. The number of rotatable bonds is 16. The third kappa shape index (κ3) is 8.59. The lowest BCUT2D eigenvalue weighted by Crippen LogP contribution is -2.54. The van der Waals surface area contributed by atoms with Crippen LogP contribution in [0.25, 0.3) is 0 Å². The Balaban J connectivity index is 2.70. The highest BCUT2D eigenvalue weighted by Gasteiger charge is 2.44. The zero-order chi connectivity index (χ0) is 20.8. The summed E-state index contributed by atoms with van der Waals surface area (Å²) >= 11 is 0. The van der Waals surface area contributed by atoms with Crippen LogP contribution < -0.4 is 22.9 Å². The number of hydrogen-bond acceptors (Lipinski definition) is 8. The first kappa shape index (κ1) is 25.7. The van der Waals surface area contributed by atoms with Gasteiger partial charge >= 0.3 is 0 Å². The van der Waals surface area contributed by atoms with E-state index < -0.39 is 0 Å². The van der Waals surface area contributed by atoms with Gasteiger partial charge in [-0.3, -0.25) is 0 Å². The molecule has 0 bridgehead atoms. The molecule has 0 amide bonds. The molecule has 8 nitrogen and oxygen atoms in total. The fraction of sp³-hybridized carbons (Fsp3) is 1.00. The molecule has 0 radical (unpaired) electrons. The van der Waals surface area contributed by atoms with Crippen molar-refractivity contribution in [2.45, 2.75) is 50.6 Å². The first-order valence-corrected chi connectivity index (χ1v) is 10.9. The van der Waals surface area contributed by atoms with E-state index in [-0.39, 0.29) is 49.0 Å². The summed E-state index contributed by atoms with van der Waals surface area (Å²) in [5.74, 6) is 0.341. The lowest BCUT2D eigenvalue weighted by molar-refractivity contribution is -0.0129. The Morgan fingerprint density at radius 3 is 1.43 bits per heavy atom. The summed E-state index contributed by atoms with van der Waals surface area (Å²) in [4.78, 5) is 0. The van der Waals surface area contributed by atoms with E-state index in [1.165, 1.54) is 0 Å². The molecule has 0 aliphatic heterocycles. The summed E-state index contributed by atoms with van der Waals surface area (Å²) in [6, 6.07) is -0.253. The minimum atomic E-state index is -0.126. The Bertz CT molecular complexity index is 344. The van der Waals surface area contributed by atoms with Gasteiger partial charge in [0.05, 0.1) is 0 Å². The molecule has 6 atom stereocenters. The maximum Gasteiger partial charge on any atom is 0.0480 e. The van der Waals surface area contributed by atoms with Crippen LogP contribution in [0, 0.1) is 23.7 Å². The molecule has 0 aromatic heterocycles. The van der Waals surface area contributed by atoms with Gasteiger partial charge in [0, 0.05) is 51.7 Å². The van der Waals surface area contributed by atoms with Crippen molar-refractivity contribution in [3.8, 4) is 0 Å². The molecule has 0 aromatic carbocycles. The quantitative estimate of drug-likeness (QED) is 0.186. The van der Waals surface area contributed by atoms with Crippen LogP contribution in [0.2, 0.25) is 0 Å². The maximum atomic E-state index is 9.94. The third-order valence-electron chi connectivity index (χ3n) is 6.08. The largest absolute Gasteiger partial charge is 0.396 e. The van der Waals surface area contributed by atoms with Gasteiger partial charge in [-0.2, -0.15) is 0 Å². The Labute approximate surface area is 170 Å². The summed E-state index contributed by atoms with van der Waals surface area (Å²) < 4.78 is 11.2. The predicted octanol–water partition coefficient (Wildman–Crippen LogP) is -0.605.